The lowest BCUT2D eigenvalue weighted by molar-refractivity contribution is 0.103. The molecule has 0 saturated heterocycles. The molecule has 0 spiro atoms. The Morgan fingerprint density at radius 1 is 1.52 bits per heavy atom. The molecule has 7 heteroatoms. The first-order chi connectivity index (χ1) is 10.1. The number of nitrogens with zero attached hydrogens (tertiary/aromatic N) is 2. The van der Waals surface area contributed by atoms with Gasteiger partial charge in [-0.15, -0.1) is 5.10 Å². The van der Waals surface area contributed by atoms with Gasteiger partial charge in [0, 0.05) is 12.1 Å². The van der Waals surface area contributed by atoms with Crippen molar-refractivity contribution in [2.24, 2.45) is 0 Å². The summed E-state index contributed by atoms with van der Waals surface area (Å²) in [4.78, 5) is 12.4. The third-order valence-corrected chi connectivity index (χ3v) is 3.37. The van der Waals surface area contributed by atoms with Crippen molar-refractivity contribution in [2.75, 3.05) is 11.9 Å². The van der Waals surface area contributed by atoms with E-state index in [1.54, 1.807) is 6.92 Å². The van der Waals surface area contributed by atoms with Gasteiger partial charge in [0.05, 0.1) is 17.9 Å². The Kier molecular flexibility index (Phi) is 4.98. The van der Waals surface area contributed by atoms with Crippen molar-refractivity contribution in [3.05, 3.63) is 40.2 Å². The predicted molar refractivity (Wildman–Crippen MR) is 77.6 cm³/mol. The van der Waals surface area contributed by atoms with Crippen molar-refractivity contribution >= 4 is 23.1 Å². The van der Waals surface area contributed by atoms with Gasteiger partial charge in [0.1, 0.15) is 10.7 Å². The number of aliphatic hydroxyl groups is 1. The second-order valence-electron chi connectivity index (χ2n) is 4.11. The normalized spacial score (nSPS) is 9.86. The highest BCUT2D eigenvalue weighted by Gasteiger charge is 2.13. The summed E-state index contributed by atoms with van der Waals surface area (Å²) in [5, 5.41) is 15.1. The second-order valence-corrected chi connectivity index (χ2v) is 4.87. The Labute approximate surface area is 125 Å². The third-order valence-electron chi connectivity index (χ3n) is 2.54. The molecule has 0 unspecified atom stereocenters. The topological polar surface area (TPSA) is 75.1 Å². The molecule has 0 atom stereocenters. The minimum atomic E-state index is -0.478. The van der Waals surface area contributed by atoms with Crippen LogP contribution in [0.2, 0.25) is 0 Å². The van der Waals surface area contributed by atoms with Crippen molar-refractivity contribution in [2.45, 2.75) is 13.3 Å². The maximum atomic E-state index is 13.6. The number of carbonyl (C=O) groups excluding carboxylic acids is 1. The molecule has 2 N–H and O–H groups in total. The van der Waals surface area contributed by atoms with Gasteiger partial charge in [-0.1, -0.05) is 16.3 Å². The first-order valence-electron chi connectivity index (χ1n) is 6.11. The summed E-state index contributed by atoms with van der Waals surface area (Å²) in [6.45, 7) is 1.61. The molecular formula is C14H12FN3O2S. The van der Waals surface area contributed by atoms with Crippen molar-refractivity contribution in [1.82, 2.24) is 9.59 Å². The maximum Gasteiger partial charge on any atom is 0.269 e. The molecule has 2 aromatic rings. The van der Waals surface area contributed by atoms with Gasteiger partial charge in [-0.25, -0.2) is 4.39 Å². The van der Waals surface area contributed by atoms with Gasteiger partial charge in [0.25, 0.3) is 5.91 Å². The fraction of sp³-hybridized carbons (Fsp3) is 0.214. The summed E-state index contributed by atoms with van der Waals surface area (Å²) >= 11 is 0.998. The smallest absolute Gasteiger partial charge is 0.269 e. The number of hydrogen-bond acceptors (Lipinski definition) is 5. The molecule has 1 amide bonds. The van der Waals surface area contributed by atoms with Crippen LogP contribution in [0.5, 0.6) is 0 Å². The van der Waals surface area contributed by atoms with E-state index in [4.69, 9.17) is 5.11 Å². The van der Waals surface area contributed by atoms with Crippen molar-refractivity contribution < 1.29 is 14.3 Å². The van der Waals surface area contributed by atoms with Gasteiger partial charge in [-0.05, 0) is 36.7 Å². The first kappa shape index (κ1) is 15.1. The van der Waals surface area contributed by atoms with Crippen molar-refractivity contribution in [1.29, 1.82) is 0 Å². The molecule has 1 aromatic carbocycles. The van der Waals surface area contributed by atoms with Crippen LogP contribution in [0.4, 0.5) is 10.1 Å². The molecule has 21 heavy (non-hydrogen) atoms. The zero-order chi connectivity index (χ0) is 15.2. The monoisotopic (exact) mass is 305 g/mol. The molecule has 108 valence electrons. The molecular weight excluding hydrogens is 293 g/mol. The summed E-state index contributed by atoms with van der Waals surface area (Å²) in [6, 6.07) is 4.13. The zero-order valence-electron chi connectivity index (χ0n) is 11.2. The van der Waals surface area contributed by atoms with Crippen LogP contribution in [0.1, 0.15) is 27.3 Å². The summed E-state index contributed by atoms with van der Waals surface area (Å²) in [7, 11) is 0. The van der Waals surface area contributed by atoms with Crippen LogP contribution in [0.3, 0.4) is 0 Å². The molecule has 0 aliphatic carbocycles. The van der Waals surface area contributed by atoms with E-state index in [9.17, 15) is 9.18 Å². The standard InChI is InChI=1S/C14H12FN3O2S/c1-9-13(21-18-17-9)14(20)16-11-5-6-12(15)10(8-11)4-2-3-7-19/h5-6,8,19H,3,7H2,1H3,(H,16,20). The van der Waals surface area contributed by atoms with E-state index >= 15 is 0 Å². The first-order valence-corrected chi connectivity index (χ1v) is 6.88. The van der Waals surface area contributed by atoms with Gasteiger partial charge in [-0.3, -0.25) is 4.79 Å². The van der Waals surface area contributed by atoms with E-state index < -0.39 is 5.82 Å². The summed E-state index contributed by atoms with van der Waals surface area (Å²) < 4.78 is 17.3. The molecule has 1 heterocycles. The molecule has 0 bridgehead atoms. The Balaban J connectivity index is 2.18. The zero-order valence-corrected chi connectivity index (χ0v) is 12.0. The van der Waals surface area contributed by atoms with Crippen molar-refractivity contribution in [3.63, 3.8) is 0 Å². The van der Waals surface area contributed by atoms with Crippen LogP contribution in [-0.4, -0.2) is 27.2 Å². The number of aryl methyl sites for hydroxylation is 1. The lowest BCUT2D eigenvalue weighted by Crippen LogP contribution is -2.11. The number of hydrogen-bond donors (Lipinski definition) is 2. The Morgan fingerprint density at radius 3 is 3.00 bits per heavy atom. The SMILES string of the molecule is Cc1nnsc1C(=O)Nc1ccc(F)c(C#CCCO)c1. The van der Waals surface area contributed by atoms with Crippen LogP contribution in [0.15, 0.2) is 18.2 Å². The Hall–Kier alpha value is -2.30. The number of amides is 1. The number of anilines is 1. The molecule has 0 aliphatic heterocycles. The lowest BCUT2D eigenvalue weighted by atomic mass is 10.2. The number of aromatic nitrogens is 2. The highest BCUT2D eigenvalue weighted by Crippen LogP contribution is 2.17. The summed E-state index contributed by atoms with van der Waals surface area (Å²) in [5.41, 5.74) is 1.14. The molecule has 5 nitrogen and oxygen atoms in total. The molecule has 0 saturated carbocycles. The van der Waals surface area contributed by atoms with E-state index in [1.807, 2.05) is 0 Å². The molecule has 0 aliphatic rings. The maximum absolute atomic E-state index is 13.6. The fourth-order valence-corrected chi connectivity index (χ4v) is 2.09. The minimum Gasteiger partial charge on any atom is -0.395 e. The van der Waals surface area contributed by atoms with Gasteiger partial charge in [0.15, 0.2) is 0 Å². The summed E-state index contributed by atoms with van der Waals surface area (Å²) in [6.07, 6.45) is 0.266. The van der Waals surface area contributed by atoms with Crippen molar-refractivity contribution in [3.8, 4) is 11.8 Å². The van der Waals surface area contributed by atoms with Crippen LogP contribution >= 0.6 is 11.5 Å². The minimum absolute atomic E-state index is 0.0807. The molecule has 1 aromatic heterocycles. The third kappa shape index (κ3) is 3.84. The second kappa shape index (κ2) is 6.92. The number of benzene rings is 1. The Morgan fingerprint density at radius 2 is 2.33 bits per heavy atom. The summed E-state index contributed by atoms with van der Waals surface area (Å²) in [5.74, 6) is 4.43. The molecule has 0 radical (unpaired) electrons. The fourth-order valence-electron chi connectivity index (χ4n) is 1.54. The van der Waals surface area contributed by atoms with Crippen LogP contribution in [0, 0.1) is 24.6 Å². The van der Waals surface area contributed by atoms with Gasteiger partial charge >= 0.3 is 0 Å². The van der Waals surface area contributed by atoms with Gasteiger partial charge in [0.2, 0.25) is 0 Å². The highest BCUT2D eigenvalue weighted by atomic mass is 32.1. The highest BCUT2D eigenvalue weighted by molar-refractivity contribution is 7.08. The Bertz CT molecular complexity index is 718. The number of halogens is 1. The van der Waals surface area contributed by atoms with E-state index in [1.165, 1.54) is 18.2 Å². The predicted octanol–water partition coefficient (Wildman–Crippen LogP) is 1.97. The van der Waals surface area contributed by atoms with Crippen LogP contribution in [-0.2, 0) is 0 Å². The van der Waals surface area contributed by atoms with E-state index in [0.717, 1.165) is 11.5 Å². The number of aliphatic hydroxyl groups excluding tert-OH is 1. The lowest BCUT2D eigenvalue weighted by Gasteiger charge is -2.04. The average Bonchev–Trinajstić information content (AvgIpc) is 2.89. The van der Waals surface area contributed by atoms with Crippen LogP contribution in [0.25, 0.3) is 0 Å². The number of nitrogens with one attached hydrogen (secondary N) is 1. The number of carbonyl (C=O) groups is 1. The van der Waals surface area contributed by atoms with E-state index in [0.29, 0.717) is 16.3 Å². The van der Waals surface area contributed by atoms with E-state index in [2.05, 4.69) is 26.7 Å². The average molecular weight is 305 g/mol. The van der Waals surface area contributed by atoms with Gasteiger partial charge < -0.3 is 10.4 Å². The van der Waals surface area contributed by atoms with Crippen LogP contribution < -0.4 is 5.32 Å². The molecule has 2 rings (SSSR count). The van der Waals surface area contributed by atoms with E-state index in [-0.39, 0.29) is 24.5 Å². The quantitative estimate of drug-likeness (QED) is 0.850. The largest absolute Gasteiger partial charge is 0.395 e. The number of rotatable bonds is 3. The molecule has 0 fully saturated rings. The van der Waals surface area contributed by atoms with Gasteiger partial charge in [-0.2, -0.15) is 0 Å².